The lowest BCUT2D eigenvalue weighted by Crippen LogP contribution is -2.34. The number of rotatable bonds is 6. The van der Waals surface area contributed by atoms with Crippen molar-refractivity contribution in [3.8, 4) is 0 Å². The number of carbonyl (C=O) groups is 1. The van der Waals surface area contributed by atoms with Gasteiger partial charge in [0.15, 0.2) is 12.2 Å². The van der Waals surface area contributed by atoms with Gasteiger partial charge in [-0.3, -0.25) is 0 Å². The van der Waals surface area contributed by atoms with Crippen molar-refractivity contribution in [1.82, 2.24) is 0 Å². The molecule has 0 amide bonds. The van der Waals surface area contributed by atoms with Crippen LogP contribution in [0.4, 0.5) is 4.79 Å². The summed E-state index contributed by atoms with van der Waals surface area (Å²) in [7, 11) is 0. The van der Waals surface area contributed by atoms with E-state index >= 15 is 0 Å². The predicted molar refractivity (Wildman–Crippen MR) is 46.1 cm³/mol. The molecule has 88 valence electrons. The zero-order chi connectivity index (χ0) is 11.3. The predicted octanol–water partition coefficient (Wildman–Crippen LogP) is -1.75. The van der Waals surface area contributed by atoms with E-state index in [1.165, 1.54) is 0 Å². The molecule has 0 bridgehead atoms. The second kappa shape index (κ2) is 5.86. The monoisotopic (exact) mass is 222 g/mol. The number of cyclic esters (lactones) is 2. The fraction of sp³-hybridized carbons (Fsp3) is 0.875. The molecular formula is C8H14O7. The Kier molecular flexibility index (Phi) is 4.76. The van der Waals surface area contributed by atoms with Gasteiger partial charge < -0.3 is 29.5 Å². The Hall–Kier alpha value is -0.890. The average Bonchev–Trinajstić information content (AvgIpc) is 2.60. The minimum Gasteiger partial charge on any atom is -0.424 e. The van der Waals surface area contributed by atoms with E-state index in [-0.39, 0.29) is 26.4 Å². The highest BCUT2D eigenvalue weighted by atomic mass is 16.8. The maximum absolute atomic E-state index is 10.7. The second-order valence-electron chi connectivity index (χ2n) is 3.07. The van der Waals surface area contributed by atoms with Crippen LogP contribution in [-0.4, -0.2) is 66.2 Å². The first kappa shape index (κ1) is 12.2. The highest BCUT2D eigenvalue weighted by molar-refractivity contribution is 5.62. The summed E-state index contributed by atoms with van der Waals surface area (Å²) in [6.45, 7) is -1.06. The Morgan fingerprint density at radius 1 is 1.20 bits per heavy atom. The fourth-order valence-corrected chi connectivity index (χ4v) is 1.12. The third kappa shape index (κ3) is 3.31. The third-order valence-electron chi connectivity index (χ3n) is 1.99. The largest absolute Gasteiger partial charge is 0.509 e. The molecule has 15 heavy (non-hydrogen) atoms. The summed E-state index contributed by atoms with van der Waals surface area (Å²) in [4.78, 5) is 10.7. The van der Waals surface area contributed by atoms with E-state index in [1.807, 2.05) is 0 Å². The Balaban J connectivity index is 2.34. The molecule has 0 aliphatic carbocycles. The molecule has 1 rings (SSSR count). The number of hydrogen-bond donors (Lipinski definition) is 3. The minimum absolute atomic E-state index is 0.0389. The van der Waals surface area contributed by atoms with Gasteiger partial charge in [-0.05, 0) is 0 Å². The van der Waals surface area contributed by atoms with Crippen molar-refractivity contribution in [2.75, 3.05) is 26.4 Å². The van der Waals surface area contributed by atoms with Crippen molar-refractivity contribution in [1.29, 1.82) is 0 Å². The lowest BCUT2D eigenvalue weighted by Gasteiger charge is -2.17. The minimum atomic E-state index is -0.854. The van der Waals surface area contributed by atoms with Gasteiger partial charge in [0.1, 0.15) is 6.10 Å². The number of carbonyl (C=O) groups excluding carboxylic acids is 1. The summed E-state index contributed by atoms with van der Waals surface area (Å²) in [5, 5.41) is 26.2. The lowest BCUT2D eigenvalue weighted by atomic mass is 10.2. The van der Waals surface area contributed by atoms with Crippen LogP contribution in [0.2, 0.25) is 0 Å². The van der Waals surface area contributed by atoms with Gasteiger partial charge in [-0.25, -0.2) is 4.79 Å². The molecule has 3 N–H and O–H groups in total. The van der Waals surface area contributed by atoms with Gasteiger partial charge in [0.05, 0.1) is 26.4 Å². The van der Waals surface area contributed by atoms with E-state index in [4.69, 9.17) is 24.8 Å². The third-order valence-corrected chi connectivity index (χ3v) is 1.99. The summed E-state index contributed by atoms with van der Waals surface area (Å²) >= 11 is 0. The molecule has 0 aromatic carbocycles. The van der Waals surface area contributed by atoms with Crippen LogP contribution in [0.3, 0.4) is 0 Å². The van der Waals surface area contributed by atoms with Crippen LogP contribution in [0.25, 0.3) is 0 Å². The molecule has 1 fully saturated rings. The van der Waals surface area contributed by atoms with Gasteiger partial charge in [-0.2, -0.15) is 0 Å². The first-order chi connectivity index (χ1) is 7.21. The SMILES string of the molecule is O=C1OC(CO)C(COC(CO)CO)O1. The van der Waals surface area contributed by atoms with Crippen LogP contribution in [0, 0.1) is 0 Å². The van der Waals surface area contributed by atoms with Crippen molar-refractivity contribution < 1.29 is 34.3 Å². The lowest BCUT2D eigenvalue weighted by molar-refractivity contribution is -0.0582. The van der Waals surface area contributed by atoms with E-state index in [0.29, 0.717) is 0 Å². The Bertz CT molecular complexity index is 203. The topological polar surface area (TPSA) is 105 Å². The molecule has 1 saturated heterocycles. The quantitative estimate of drug-likeness (QED) is 0.458. The van der Waals surface area contributed by atoms with Crippen LogP contribution in [-0.2, 0) is 14.2 Å². The second-order valence-corrected chi connectivity index (χ2v) is 3.07. The van der Waals surface area contributed by atoms with E-state index in [9.17, 15) is 4.79 Å². The summed E-state index contributed by atoms with van der Waals surface area (Å²) in [6, 6.07) is 0. The molecule has 1 aliphatic rings. The number of aliphatic hydroxyl groups excluding tert-OH is 3. The van der Waals surface area contributed by atoms with Crippen molar-refractivity contribution in [3.63, 3.8) is 0 Å². The molecule has 0 saturated carbocycles. The molecule has 1 aliphatic heterocycles. The van der Waals surface area contributed by atoms with Crippen molar-refractivity contribution in [3.05, 3.63) is 0 Å². The van der Waals surface area contributed by atoms with Crippen molar-refractivity contribution in [2.45, 2.75) is 18.3 Å². The number of hydrogen-bond acceptors (Lipinski definition) is 7. The standard InChI is InChI=1S/C8H14O7/c9-1-5(2-10)13-4-7-6(3-11)14-8(12)15-7/h5-7,9-11H,1-4H2. The molecule has 2 unspecified atom stereocenters. The van der Waals surface area contributed by atoms with Gasteiger partial charge in [0.25, 0.3) is 0 Å². The van der Waals surface area contributed by atoms with Gasteiger partial charge in [0, 0.05) is 0 Å². The first-order valence-electron chi connectivity index (χ1n) is 4.52. The Labute approximate surface area is 86.2 Å². The molecule has 7 nitrogen and oxygen atoms in total. The highest BCUT2D eigenvalue weighted by Crippen LogP contribution is 2.15. The fourth-order valence-electron chi connectivity index (χ4n) is 1.12. The van der Waals surface area contributed by atoms with E-state index in [1.54, 1.807) is 0 Å². The van der Waals surface area contributed by atoms with Gasteiger partial charge in [0.2, 0.25) is 0 Å². The van der Waals surface area contributed by atoms with Crippen LogP contribution in [0.1, 0.15) is 0 Å². The zero-order valence-corrected chi connectivity index (χ0v) is 8.04. The van der Waals surface area contributed by atoms with Crippen LogP contribution in [0.5, 0.6) is 0 Å². The molecule has 2 atom stereocenters. The first-order valence-corrected chi connectivity index (χ1v) is 4.52. The van der Waals surface area contributed by atoms with Crippen molar-refractivity contribution >= 4 is 6.16 Å². The summed E-state index contributed by atoms with van der Waals surface area (Å²) in [5.74, 6) is 0. The van der Waals surface area contributed by atoms with E-state index in [2.05, 4.69) is 4.74 Å². The highest BCUT2D eigenvalue weighted by Gasteiger charge is 2.36. The normalized spacial score (nSPS) is 25.5. The molecule has 1 heterocycles. The van der Waals surface area contributed by atoms with E-state index in [0.717, 1.165) is 0 Å². The van der Waals surface area contributed by atoms with Gasteiger partial charge in [-0.15, -0.1) is 0 Å². The number of ether oxygens (including phenoxy) is 3. The van der Waals surface area contributed by atoms with Gasteiger partial charge in [-0.1, -0.05) is 0 Å². The molecule has 0 radical (unpaired) electrons. The van der Waals surface area contributed by atoms with Crippen LogP contribution >= 0.6 is 0 Å². The summed E-state index contributed by atoms with van der Waals surface area (Å²) in [5.41, 5.74) is 0. The van der Waals surface area contributed by atoms with Gasteiger partial charge >= 0.3 is 6.16 Å². The van der Waals surface area contributed by atoms with E-state index < -0.39 is 24.5 Å². The molecule has 0 spiro atoms. The Morgan fingerprint density at radius 2 is 1.80 bits per heavy atom. The summed E-state index contributed by atoms with van der Waals surface area (Å²) < 4.78 is 14.3. The Morgan fingerprint density at radius 3 is 2.33 bits per heavy atom. The molecule has 0 aromatic heterocycles. The molecule has 7 heteroatoms. The smallest absolute Gasteiger partial charge is 0.424 e. The molecular weight excluding hydrogens is 208 g/mol. The summed E-state index contributed by atoms with van der Waals surface area (Å²) in [6.07, 6.45) is -3.03. The van der Waals surface area contributed by atoms with Crippen LogP contribution in [0.15, 0.2) is 0 Å². The zero-order valence-electron chi connectivity index (χ0n) is 8.04. The van der Waals surface area contributed by atoms with Crippen LogP contribution < -0.4 is 0 Å². The average molecular weight is 222 g/mol. The number of aliphatic hydroxyl groups is 3. The maximum Gasteiger partial charge on any atom is 0.509 e. The molecule has 0 aromatic rings. The maximum atomic E-state index is 10.7. The van der Waals surface area contributed by atoms with Crippen molar-refractivity contribution in [2.24, 2.45) is 0 Å².